The Morgan fingerprint density at radius 3 is 2.27 bits per heavy atom. The van der Waals surface area contributed by atoms with Gasteiger partial charge in [0.15, 0.2) is 0 Å². The van der Waals surface area contributed by atoms with Crippen LogP contribution >= 0.6 is 0 Å². The van der Waals surface area contributed by atoms with Crippen molar-refractivity contribution in [3.05, 3.63) is 60.2 Å². The van der Waals surface area contributed by atoms with Gasteiger partial charge in [-0.25, -0.2) is 0 Å². The van der Waals surface area contributed by atoms with Gasteiger partial charge in [-0.15, -0.1) is 0 Å². The Labute approximate surface area is 150 Å². The van der Waals surface area contributed by atoms with Gasteiger partial charge in [0.25, 0.3) is 0 Å². The van der Waals surface area contributed by atoms with Crippen LogP contribution in [0.1, 0.15) is 12.5 Å². The molecule has 0 spiro atoms. The number of aromatic nitrogens is 1. The molecule has 0 saturated heterocycles. The summed E-state index contributed by atoms with van der Waals surface area (Å²) in [6, 6.07) is 16.9. The number of rotatable bonds is 4. The van der Waals surface area contributed by atoms with E-state index in [1.807, 2.05) is 18.2 Å². The second-order valence-corrected chi connectivity index (χ2v) is 6.31. The lowest BCUT2D eigenvalue weighted by Crippen LogP contribution is -2.00. The molecule has 0 radical (unpaired) electrons. The van der Waals surface area contributed by atoms with Crippen LogP contribution in [-0.4, -0.2) is 19.9 Å². The minimum Gasteiger partial charge on any atom is -0.508 e. The van der Waals surface area contributed by atoms with Gasteiger partial charge in [-0.3, -0.25) is 0 Å². The molecule has 3 aromatic carbocycles. The molecule has 0 aliphatic heterocycles. The average Bonchev–Trinajstić information content (AvgIpc) is 2.94. The van der Waals surface area contributed by atoms with Crippen molar-refractivity contribution in [3.63, 3.8) is 0 Å². The first-order valence-electron chi connectivity index (χ1n) is 8.57. The van der Waals surface area contributed by atoms with Crippen LogP contribution in [-0.2, 0) is 13.1 Å². The van der Waals surface area contributed by atoms with Crippen molar-refractivity contribution in [1.29, 1.82) is 0 Å². The molecule has 26 heavy (non-hydrogen) atoms. The molecule has 0 atom stereocenters. The predicted molar refractivity (Wildman–Crippen MR) is 104 cm³/mol. The van der Waals surface area contributed by atoms with Crippen LogP contribution in [0.15, 0.2) is 54.6 Å². The summed E-state index contributed by atoms with van der Waals surface area (Å²) in [6.07, 6.45) is 0. The van der Waals surface area contributed by atoms with Crippen LogP contribution in [0.5, 0.6) is 17.2 Å². The number of hydrogen-bond donors (Lipinski definition) is 4. The molecular weight excluding hydrogens is 328 g/mol. The number of phenols is 3. The monoisotopic (exact) mass is 348 g/mol. The standard InChI is InChI=1S/C21H20N2O3/c1-2-23-18-6-4-3-5-15(18)16-9-13(7-8-19(16)23)22-12-17-20(25)10-14(24)11-21(17)26/h3-11,22,24-26H,2,12H2,1H3. The largest absolute Gasteiger partial charge is 0.508 e. The molecule has 0 bridgehead atoms. The number of fused-ring (bicyclic) bond motifs is 3. The van der Waals surface area contributed by atoms with Crippen molar-refractivity contribution in [2.75, 3.05) is 5.32 Å². The molecule has 1 aromatic heterocycles. The Balaban J connectivity index is 1.71. The normalized spacial score (nSPS) is 11.3. The van der Waals surface area contributed by atoms with E-state index in [-0.39, 0.29) is 23.8 Å². The van der Waals surface area contributed by atoms with E-state index in [1.165, 1.54) is 28.6 Å². The van der Waals surface area contributed by atoms with Crippen LogP contribution in [0.25, 0.3) is 21.8 Å². The van der Waals surface area contributed by atoms with E-state index in [1.54, 1.807) is 0 Å². The molecule has 132 valence electrons. The smallest absolute Gasteiger partial charge is 0.127 e. The number of nitrogens with one attached hydrogen (secondary N) is 1. The molecular formula is C21H20N2O3. The molecule has 4 rings (SSSR count). The van der Waals surface area contributed by atoms with E-state index in [0.717, 1.165) is 17.6 Å². The Hall–Kier alpha value is -3.34. The first kappa shape index (κ1) is 16.1. The summed E-state index contributed by atoms with van der Waals surface area (Å²) in [5, 5.41) is 34.9. The van der Waals surface area contributed by atoms with Crippen LogP contribution in [0.3, 0.4) is 0 Å². The van der Waals surface area contributed by atoms with E-state index in [4.69, 9.17) is 0 Å². The predicted octanol–water partition coefficient (Wildman–Crippen LogP) is 4.54. The lowest BCUT2D eigenvalue weighted by atomic mass is 10.1. The maximum atomic E-state index is 9.94. The van der Waals surface area contributed by atoms with Gasteiger partial charge in [0.2, 0.25) is 0 Å². The topological polar surface area (TPSA) is 77.7 Å². The second kappa shape index (κ2) is 6.19. The number of aryl methyl sites for hydroxylation is 1. The van der Waals surface area contributed by atoms with Gasteiger partial charge in [-0.05, 0) is 31.2 Å². The van der Waals surface area contributed by atoms with Crippen molar-refractivity contribution in [2.24, 2.45) is 0 Å². The lowest BCUT2D eigenvalue weighted by Gasteiger charge is -2.11. The molecule has 5 nitrogen and oxygen atoms in total. The highest BCUT2D eigenvalue weighted by Gasteiger charge is 2.12. The van der Waals surface area contributed by atoms with Crippen LogP contribution in [0, 0.1) is 0 Å². The van der Waals surface area contributed by atoms with Crippen molar-refractivity contribution in [1.82, 2.24) is 4.57 Å². The minimum absolute atomic E-state index is 0.140. The van der Waals surface area contributed by atoms with Gasteiger partial charge in [-0.2, -0.15) is 0 Å². The van der Waals surface area contributed by atoms with Crippen molar-refractivity contribution in [3.8, 4) is 17.2 Å². The Morgan fingerprint density at radius 1 is 0.846 bits per heavy atom. The molecule has 4 N–H and O–H groups in total. The van der Waals surface area contributed by atoms with E-state index in [2.05, 4.69) is 41.1 Å². The fourth-order valence-corrected chi connectivity index (χ4v) is 3.50. The van der Waals surface area contributed by atoms with Gasteiger partial charge in [0, 0.05) is 52.7 Å². The zero-order valence-corrected chi connectivity index (χ0v) is 14.4. The van der Waals surface area contributed by atoms with Crippen LogP contribution < -0.4 is 5.32 Å². The number of aromatic hydroxyl groups is 3. The SMILES string of the molecule is CCn1c2ccccc2c2cc(NCc3c(O)cc(O)cc3O)ccc21. The summed E-state index contributed by atoms with van der Waals surface area (Å²) in [4.78, 5) is 0. The summed E-state index contributed by atoms with van der Waals surface area (Å²) in [5.41, 5.74) is 3.62. The Kier molecular flexibility index (Phi) is 3.84. The highest BCUT2D eigenvalue weighted by atomic mass is 16.3. The fourth-order valence-electron chi connectivity index (χ4n) is 3.50. The fraction of sp³-hybridized carbons (Fsp3) is 0.143. The zero-order chi connectivity index (χ0) is 18.3. The van der Waals surface area contributed by atoms with Crippen LogP contribution in [0.2, 0.25) is 0 Å². The first-order chi connectivity index (χ1) is 12.6. The summed E-state index contributed by atoms with van der Waals surface area (Å²) < 4.78 is 2.28. The van der Waals surface area contributed by atoms with E-state index < -0.39 is 0 Å². The Bertz CT molecular complexity index is 1090. The van der Waals surface area contributed by atoms with Crippen molar-refractivity contribution >= 4 is 27.5 Å². The maximum Gasteiger partial charge on any atom is 0.127 e. The highest BCUT2D eigenvalue weighted by Crippen LogP contribution is 2.34. The van der Waals surface area contributed by atoms with E-state index in [0.29, 0.717) is 5.56 Å². The minimum atomic E-state index is -0.169. The highest BCUT2D eigenvalue weighted by molar-refractivity contribution is 6.09. The van der Waals surface area contributed by atoms with Gasteiger partial charge in [0.1, 0.15) is 17.2 Å². The number of anilines is 1. The quantitative estimate of drug-likeness (QED) is 0.436. The number of phenolic OH excluding ortho intramolecular Hbond substituents is 3. The third-order valence-electron chi connectivity index (χ3n) is 4.75. The van der Waals surface area contributed by atoms with E-state index >= 15 is 0 Å². The molecule has 0 aliphatic rings. The number of nitrogens with zero attached hydrogens (tertiary/aromatic N) is 1. The molecule has 0 amide bonds. The first-order valence-corrected chi connectivity index (χ1v) is 8.57. The average molecular weight is 348 g/mol. The van der Waals surface area contributed by atoms with Crippen LogP contribution in [0.4, 0.5) is 5.69 Å². The molecule has 0 saturated carbocycles. The maximum absolute atomic E-state index is 9.94. The van der Waals surface area contributed by atoms with E-state index in [9.17, 15) is 15.3 Å². The third-order valence-corrected chi connectivity index (χ3v) is 4.75. The van der Waals surface area contributed by atoms with Gasteiger partial charge < -0.3 is 25.2 Å². The molecule has 4 aromatic rings. The van der Waals surface area contributed by atoms with Crippen molar-refractivity contribution < 1.29 is 15.3 Å². The number of hydrogen-bond acceptors (Lipinski definition) is 4. The lowest BCUT2D eigenvalue weighted by molar-refractivity contribution is 0.420. The van der Waals surface area contributed by atoms with Gasteiger partial charge >= 0.3 is 0 Å². The molecule has 0 unspecified atom stereocenters. The third kappa shape index (κ3) is 2.58. The second-order valence-electron chi connectivity index (χ2n) is 6.31. The van der Waals surface area contributed by atoms with Gasteiger partial charge in [0.05, 0.1) is 5.56 Å². The summed E-state index contributed by atoms with van der Waals surface area (Å²) in [5.74, 6) is -0.449. The zero-order valence-electron chi connectivity index (χ0n) is 14.4. The summed E-state index contributed by atoms with van der Waals surface area (Å²) >= 11 is 0. The molecule has 0 aliphatic carbocycles. The molecule has 0 fully saturated rings. The summed E-state index contributed by atoms with van der Waals surface area (Å²) in [7, 11) is 0. The summed E-state index contributed by atoms with van der Waals surface area (Å²) in [6.45, 7) is 3.27. The Morgan fingerprint density at radius 2 is 1.54 bits per heavy atom. The number of para-hydroxylation sites is 1. The van der Waals surface area contributed by atoms with Gasteiger partial charge in [-0.1, -0.05) is 18.2 Å². The van der Waals surface area contributed by atoms with Crippen molar-refractivity contribution in [2.45, 2.75) is 20.0 Å². The molecule has 5 heteroatoms. The number of benzene rings is 3. The molecule has 1 heterocycles.